The molecule has 3 rings (SSSR count). The third-order valence-electron chi connectivity index (χ3n) is 3.94. The van der Waals surface area contributed by atoms with Crippen LogP contribution in [0.3, 0.4) is 0 Å². The fourth-order valence-corrected chi connectivity index (χ4v) is 2.88. The highest BCUT2D eigenvalue weighted by atomic mass is 16.1. The van der Waals surface area contributed by atoms with E-state index in [0.29, 0.717) is 0 Å². The zero-order valence-electron chi connectivity index (χ0n) is 13.4. The van der Waals surface area contributed by atoms with Gasteiger partial charge in [0, 0.05) is 17.5 Å². The van der Waals surface area contributed by atoms with Gasteiger partial charge in [-0.25, -0.2) is 0 Å². The van der Waals surface area contributed by atoms with Gasteiger partial charge in [0.25, 0.3) is 0 Å². The predicted octanol–water partition coefficient (Wildman–Crippen LogP) is 3.28. The minimum atomic E-state index is -0.606. The van der Waals surface area contributed by atoms with Crippen LogP contribution in [0, 0.1) is 10.8 Å². The number of carbonyl (C=O) groups excluding carboxylic acids is 1. The number of carbonyl (C=O) groups is 1. The van der Waals surface area contributed by atoms with E-state index in [4.69, 9.17) is 15.8 Å². The third-order valence-corrected chi connectivity index (χ3v) is 3.94. The topological polar surface area (TPSA) is 80.4 Å². The zero-order chi connectivity index (χ0) is 17.1. The Morgan fingerprint density at radius 3 is 2.50 bits per heavy atom. The number of amidine groups is 2. The fraction of sp³-hybridized carbons (Fsp3) is 0.158. The summed E-state index contributed by atoms with van der Waals surface area (Å²) in [7, 11) is 0. The lowest BCUT2D eigenvalue weighted by Crippen LogP contribution is -2.40. The van der Waals surface area contributed by atoms with Crippen LogP contribution in [-0.4, -0.2) is 29.7 Å². The van der Waals surface area contributed by atoms with Crippen molar-refractivity contribution < 1.29 is 4.79 Å². The van der Waals surface area contributed by atoms with Gasteiger partial charge in [-0.3, -0.25) is 20.7 Å². The molecule has 5 heteroatoms. The molecule has 2 aromatic carbocycles. The summed E-state index contributed by atoms with van der Waals surface area (Å²) >= 11 is 0. The summed E-state index contributed by atoms with van der Waals surface area (Å²) in [6.07, 6.45) is 0.895. The number of para-hydroxylation sites is 1. The van der Waals surface area contributed by atoms with Crippen LogP contribution in [0.25, 0.3) is 0 Å². The van der Waals surface area contributed by atoms with E-state index in [2.05, 4.69) is 0 Å². The van der Waals surface area contributed by atoms with E-state index in [0.717, 1.165) is 28.8 Å². The number of benzene rings is 2. The van der Waals surface area contributed by atoms with Crippen LogP contribution in [0.4, 0.5) is 5.69 Å². The van der Waals surface area contributed by atoms with Crippen molar-refractivity contribution in [2.45, 2.75) is 19.4 Å². The van der Waals surface area contributed by atoms with E-state index in [1.807, 2.05) is 54.6 Å². The largest absolute Gasteiger partial charge is 0.303 e. The quantitative estimate of drug-likeness (QED) is 0.517. The number of nitrogens with one attached hydrogen (secondary N) is 2. The zero-order valence-corrected chi connectivity index (χ0v) is 13.4. The molecule has 5 nitrogen and oxygen atoms in total. The second-order valence-electron chi connectivity index (χ2n) is 5.59. The Labute approximate surface area is 140 Å². The highest BCUT2D eigenvalue weighted by Crippen LogP contribution is 2.29. The third kappa shape index (κ3) is 2.76. The second kappa shape index (κ2) is 6.58. The van der Waals surface area contributed by atoms with Crippen LogP contribution in [0.2, 0.25) is 0 Å². The number of hydrogen-bond donors (Lipinski definition) is 2. The number of rotatable bonds is 3. The normalized spacial score (nSPS) is 16.9. The summed E-state index contributed by atoms with van der Waals surface area (Å²) in [6, 6.07) is 16.7. The SMILES string of the molecule is CC(=N)N1C(=N)C(CC=O)N=C(c2ccccc2)c2ccccc21. The number of anilines is 1. The molecule has 0 fully saturated rings. The molecule has 2 N–H and O–H groups in total. The number of nitrogens with zero attached hydrogens (tertiary/aromatic N) is 2. The van der Waals surface area contributed by atoms with Crippen LogP contribution in [0.1, 0.15) is 24.5 Å². The maximum absolute atomic E-state index is 11.1. The van der Waals surface area contributed by atoms with E-state index in [-0.39, 0.29) is 18.1 Å². The minimum Gasteiger partial charge on any atom is -0.303 e. The van der Waals surface area contributed by atoms with Gasteiger partial charge >= 0.3 is 0 Å². The Morgan fingerprint density at radius 2 is 1.83 bits per heavy atom. The maximum atomic E-state index is 11.1. The molecule has 0 radical (unpaired) electrons. The molecule has 0 saturated heterocycles. The number of aldehydes is 1. The average Bonchev–Trinajstić information content (AvgIpc) is 2.71. The van der Waals surface area contributed by atoms with Gasteiger partial charge in [-0.05, 0) is 13.0 Å². The lowest BCUT2D eigenvalue weighted by molar-refractivity contribution is -0.107. The van der Waals surface area contributed by atoms with E-state index in [9.17, 15) is 4.79 Å². The minimum absolute atomic E-state index is 0.118. The molecule has 0 spiro atoms. The van der Waals surface area contributed by atoms with E-state index in [1.165, 1.54) is 0 Å². The molecule has 1 aliphatic heterocycles. The summed E-state index contributed by atoms with van der Waals surface area (Å²) < 4.78 is 0. The summed E-state index contributed by atoms with van der Waals surface area (Å²) in [6.45, 7) is 1.64. The van der Waals surface area contributed by atoms with Crippen LogP contribution < -0.4 is 4.90 Å². The number of fused-ring (bicyclic) bond motifs is 1. The molecule has 0 aliphatic carbocycles. The van der Waals surface area contributed by atoms with Gasteiger partial charge in [0.05, 0.1) is 11.4 Å². The van der Waals surface area contributed by atoms with Crippen LogP contribution in [0.15, 0.2) is 59.6 Å². The lowest BCUT2D eigenvalue weighted by Gasteiger charge is -2.25. The molecule has 0 saturated carbocycles. The smallest absolute Gasteiger partial charge is 0.132 e. The second-order valence-corrected chi connectivity index (χ2v) is 5.59. The standard InChI is InChI=1S/C19H18N4O/c1-13(20)23-17-10-6-5-9-15(17)18(14-7-3-2-4-8-14)22-16(11-12-24)19(23)21/h2-10,12,16,20-21H,11H2,1H3. The van der Waals surface area contributed by atoms with Gasteiger partial charge in [0.1, 0.15) is 24.0 Å². The molecule has 0 amide bonds. The number of benzodiazepines with no additional fused rings is 1. The van der Waals surface area contributed by atoms with E-state index in [1.54, 1.807) is 11.8 Å². The van der Waals surface area contributed by atoms with Crippen molar-refractivity contribution in [1.29, 1.82) is 10.8 Å². The van der Waals surface area contributed by atoms with Crippen molar-refractivity contribution in [3.63, 3.8) is 0 Å². The molecule has 0 aromatic heterocycles. The lowest BCUT2D eigenvalue weighted by atomic mass is 10.0. The van der Waals surface area contributed by atoms with Crippen molar-refractivity contribution in [1.82, 2.24) is 0 Å². The maximum Gasteiger partial charge on any atom is 0.132 e. The fourth-order valence-electron chi connectivity index (χ4n) is 2.88. The molecule has 1 aliphatic rings. The van der Waals surface area contributed by atoms with Crippen LogP contribution >= 0.6 is 0 Å². The Balaban J connectivity index is 2.27. The molecule has 0 bridgehead atoms. The van der Waals surface area contributed by atoms with Crippen molar-refractivity contribution >= 4 is 29.4 Å². The van der Waals surface area contributed by atoms with Crippen LogP contribution in [-0.2, 0) is 4.79 Å². The Bertz CT molecular complexity index is 826. The molecular weight excluding hydrogens is 300 g/mol. The average molecular weight is 318 g/mol. The van der Waals surface area contributed by atoms with Crippen LogP contribution in [0.5, 0.6) is 0 Å². The van der Waals surface area contributed by atoms with Gasteiger partial charge in [0.15, 0.2) is 0 Å². The van der Waals surface area contributed by atoms with Crippen molar-refractivity contribution in [2.24, 2.45) is 4.99 Å². The molecule has 120 valence electrons. The number of aliphatic imine (C=N–C) groups is 1. The first-order chi connectivity index (χ1) is 11.6. The molecule has 1 atom stereocenters. The molecule has 1 unspecified atom stereocenters. The molecule has 2 aromatic rings. The summed E-state index contributed by atoms with van der Waals surface area (Å²) in [5.74, 6) is 0.376. The Morgan fingerprint density at radius 1 is 1.17 bits per heavy atom. The molecule has 1 heterocycles. The summed E-state index contributed by atoms with van der Waals surface area (Å²) in [4.78, 5) is 17.4. The van der Waals surface area contributed by atoms with E-state index >= 15 is 0 Å². The first kappa shape index (κ1) is 15.8. The van der Waals surface area contributed by atoms with Gasteiger partial charge in [0.2, 0.25) is 0 Å². The molecular formula is C19H18N4O. The Kier molecular flexibility index (Phi) is 4.33. The predicted molar refractivity (Wildman–Crippen MR) is 96.6 cm³/mol. The van der Waals surface area contributed by atoms with Gasteiger partial charge < -0.3 is 4.79 Å². The van der Waals surface area contributed by atoms with Gasteiger partial charge in [-0.1, -0.05) is 48.5 Å². The van der Waals surface area contributed by atoms with Crippen molar-refractivity contribution in [3.8, 4) is 0 Å². The first-order valence-corrected chi connectivity index (χ1v) is 7.73. The monoisotopic (exact) mass is 318 g/mol. The van der Waals surface area contributed by atoms with Crippen molar-refractivity contribution in [3.05, 3.63) is 65.7 Å². The first-order valence-electron chi connectivity index (χ1n) is 7.73. The van der Waals surface area contributed by atoms with E-state index < -0.39 is 6.04 Å². The van der Waals surface area contributed by atoms with Gasteiger partial charge in [-0.2, -0.15) is 0 Å². The molecule has 24 heavy (non-hydrogen) atoms. The van der Waals surface area contributed by atoms with Crippen molar-refractivity contribution in [2.75, 3.05) is 4.90 Å². The Hall–Kier alpha value is -3.08. The highest BCUT2D eigenvalue weighted by molar-refractivity contribution is 6.26. The number of hydrogen-bond acceptors (Lipinski definition) is 4. The van der Waals surface area contributed by atoms with Gasteiger partial charge in [-0.15, -0.1) is 0 Å². The highest BCUT2D eigenvalue weighted by Gasteiger charge is 2.30. The summed E-state index contributed by atoms with van der Waals surface area (Å²) in [5.41, 5.74) is 3.27. The summed E-state index contributed by atoms with van der Waals surface area (Å²) in [5, 5.41) is 16.6.